The zero-order valence-corrected chi connectivity index (χ0v) is 18.0. The van der Waals surface area contributed by atoms with Gasteiger partial charge in [-0.2, -0.15) is 0 Å². The van der Waals surface area contributed by atoms with Crippen molar-refractivity contribution in [3.63, 3.8) is 0 Å². The lowest BCUT2D eigenvalue weighted by Gasteiger charge is -2.36. The number of benzene rings is 2. The number of aliphatic hydroxyl groups is 1. The van der Waals surface area contributed by atoms with Gasteiger partial charge in [-0.1, -0.05) is 30.3 Å². The van der Waals surface area contributed by atoms with Crippen molar-refractivity contribution in [2.75, 3.05) is 46.1 Å². The molecular formula is C25H32N2O4. The van der Waals surface area contributed by atoms with Crippen LogP contribution in [0.4, 0.5) is 0 Å². The van der Waals surface area contributed by atoms with Crippen LogP contribution in [0.25, 0.3) is 0 Å². The third-order valence-electron chi connectivity index (χ3n) is 6.58. The fraction of sp³-hybridized carbons (Fsp3) is 0.520. The lowest BCUT2D eigenvalue weighted by molar-refractivity contribution is -0.0325. The van der Waals surface area contributed by atoms with Gasteiger partial charge < -0.3 is 19.3 Å². The van der Waals surface area contributed by atoms with Crippen LogP contribution in [0.5, 0.6) is 11.5 Å². The smallest absolute Gasteiger partial charge is 0.231 e. The Morgan fingerprint density at radius 3 is 2.71 bits per heavy atom. The summed E-state index contributed by atoms with van der Waals surface area (Å²) < 4.78 is 17.0. The monoisotopic (exact) mass is 424 g/mol. The minimum absolute atomic E-state index is 0.123. The maximum absolute atomic E-state index is 10.6. The first-order valence-electron chi connectivity index (χ1n) is 11.5. The quantitative estimate of drug-likeness (QED) is 0.738. The van der Waals surface area contributed by atoms with Crippen LogP contribution in [-0.2, 0) is 17.7 Å². The van der Waals surface area contributed by atoms with Crippen molar-refractivity contribution in [1.82, 2.24) is 9.80 Å². The molecule has 2 unspecified atom stereocenters. The summed E-state index contributed by atoms with van der Waals surface area (Å²) in [5.74, 6) is 1.68. The van der Waals surface area contributed by atoms with Crippen molar-refractivity contribution in [3.05, 3.63) is 59.2 Å². The zero-order valence-electron chi connectivity index (χ0n) is 18.0. The molecule has 1 N–H and O–H groups in total. The average Bonchev–Trinajstić information content (AvgIpc) is 3.27. The number of nitrogens with zero attached hydrogens (tertiary/aromatic N) is 2. The van der Waals surface area contributed by atoms with E-state index in [1.54, 1.807) is 0 Å². The summed E-state index contributed by atoms with van der Waals surface area (Å²) in [6.45, 7) is 6.23. The molecule has 2 aromatic carbocycles. The summed E-state index contributed by atoms with van der Waals surface area (Å²) in [5, 5.41) is 10.6. The number of piperazine rings is 1. The summed E-state index contributed by atoms with van der Waals surface area (Å²) >= 11 is 0. The highest BCUT2D eigenvalue weighted by Gasteiger charge is 2.23. The molecule has 2 aromatic rings. The van der Waals surface area contributed by atoms with Crippen LogP contribution in [-0.4, -0.2) is 67.1 Å². The molecule has 31 heavy (non-hydrogen) atoms. The zero-order chi connectivity index (χ0) is 21.0. The lowest BCUT2D eigenvalue weighted by atomic mass is 9.89. The molecule has 2 aliphatic heterocycles. The normalized spacial score (nSPS) is 22.3. The van der Waals surface area contributed by atoms with E-state index >= 15 is 0 Å². The minimum atomic E-state index is -0.450. The van der Waals surface area contributed by atoms with Crippen molar-refractivity contribution in [1.29, 1.82) is 0 Å². The Hall–Kier alpha value is -2.12. The molecular weight excluding hydrogens is 392 g/mol. The molecule has 0 aromatic heterocycles. The molecule has 6 nitrogen and oxygen atoms in total. The van der Waals surface area contributed by atoms with Gasteiger partial charge in [0.1, 0.15) is 0 Å². The number of ether oxygens (including phenoxy) is 3. The predicted octanol–water partition coefficient (Wildman–Crippen LogP) is 2.99. The predicted molar refractivity (Wildman–Crippen MR) is 118 cm³/mol. The second kappa shape index (κ2) is 9.57. The maximum atomic E-state index is 10.6. The topological polar surface area (TPSA) is 54.4 Å². The minimum Gasteiger partial charge on any atom is -0.454 e. The Kier molecular flexibility index (Phi) is 6.41. The maximum Gasteiger partial charge on any atom is 0.231 e. The summed E-state index contributed by atoms with van der Waals surface area (Å²) in [4.78, 5) is 4.80. The molecule has 3 aliphatic rings. The van der Waals surface area contributed by atoms with Crippen molar-refractivity contribution < 1.29 is 19.3 Å². The number of aliphatic hydroxyl groups excluding tert-OH is 1. The fourth-order valence-corrected chi connectivity index (χ4v) is 4.89. The molecule has 0 saturated carbocycles. The van der Waals surface area contributed by atoms with E-state index in [-0.39, 0.29) is 6.10 Å². The molecule has 0 amide bonds. The molecule has 0 spiro atoms. The molecule has 5 rings (SSSR count). The van der Waals surface area contributed by atoms with Crippen molar-refractivity contribution in [3.8, 4) is 11.5 Å². The first kappa shape index (κ1) is 20.8. The van der Waals surface area contributed by atoms with Gasteiger partial charge in [0.05, 0.1) is 18.8 Å². The second-order valence-electron chi connectivity index (χ2n) is 8.83. The molecule has 2 atom stereocenters. The van der Waals surface area contributed by atoms with Gasteiger partial charge >= 0.3 is 0 Å². The molecule has 0 radical (unpaired) electrons. The Morgan fingerprint density at radius 1 is 1.00 bits per heavy atom. The van der Waals surface area contributed by atoms with Crippen LogP contribution in [0.1, 0.15) is 35.6 Å². The van der Waals surface area contributed by atoms with Crippen molar-refractivity contribution in [2.45, 2.75) is 38.0 Å². The van der Waals surface area contributed by atoms with Crippen LogP contribution in [0.3, 0.4) is 0 Å². The Labute approximate surface area is 184 Å². The van der Waals surface area contributed by atoms with Crippen LogP contribution in [0, 0.1) is 0 Å². The highest BCUT2D eigenvalue weighted by atomic mass is 16.7. The van der Waals surface area contributed by atoms with E-state index in [9.17, 15) is 5.11 Å². The third kappa shape index (κ3) is 5.04. The molecule has 1 saturated heterocycles. The highest BCUT2D eigenvalue weighted by molar-refractivity contribution is 5.44. The van der Waals surface area contributed by atoms with E-state index < -0.39 is 6.10 Å². The number of rotatable bonds is 7. The van der Waals surface area contributed by atoms with E-state index in [0.29, 0.717) is 19.9 Å². The summed E-state index contributed by atoms with van der Waals surface area (Å²) in [6.07, 6.45) is 3.01. The first-order valence-corrected chi connectivity index (χ1v) is 11.5. The molecule has 0 bridgehead atoms. The van der Waals surface area contributed by atoms with Gasteiger partial charge in [-0.15, -0.1) is 0 Å². The summed E-state index contributed by atoms with van der Waals surface area (Å²) in [6, 6.07) is 14.7. The number of β-amino-alcohol motifs (C(OH)–C–C–N with tert-alkyl or cyclic N) is 1. The Bertz CT molecular complexity index is 882. The van der Waals surface area contributed by atoms with Crippen LogP contribution in [0.2, 0.25) is 0 Å². The van der Waals surface area contributed by atoms with Crippen LogP contribution < -0.4 is 9.47 Å². The van der Waals surface area contributed by atoms with Gasteiger partial charge in [0, 0.05) is 39.3 Å². The SMILES string of the molecule is OC(COC1CCCc2ccccc21)CN1CCN(Cc2ccc3c(c2)OCO3)CC1. The van der Waals surface area contributed by atoms with Crippen molar-refractivity contribution >= 4 is 0 Å². The largest absolute Gasteiger partial charge is 0.454 e. The molecule has 6 heteroatoms. The molecule has 1 fully saturated rings. The lowest BCUT2D eigenvalue weighted by Crippen LogP contribution is -2.48. The van der Waals surface area contributed by atoms with Gasteiger partial charge in [-0.05, 0) is 48.1 Å². The van der Waals surface area contributed by atoms with Gasteiger partial charge in [-0.3, -0.25) is 9.80 Å². The number of hydrogen-bond donors (Lipinski definition) is 1. The summed E-state index contributed by atoms with van der Waals surface area (Å²) in [7, 11) is 0. The van der Waals surface area contributed by atoms with E-state index in [1.165, 1.54) is 16.7 Å². The fourth-order valence-electron chi connectivity index (χ4n) is 4.89. The molecule has 2 heterocycles. The second-order valence-corrected chi connectivity index (χ2v) is 8.83. The van der Waals surface area contributed by atoms with Gasteiger partial charge in [0.25, 0.3) is 0 Å². The van der Waals surface area contributed by atoms with E-state index in [2.05, 4.69) is 46.2 Å². The van der Waals surface area contributed by atoms with Crippen LogP contribution in [0.15, 0.2) is 42.5 Å². The van der Waals surface area contributed by atoms with E-state index in [1.807, 2.05) is 6.07 Å². The standard InChI is InChI=1S/C25H32N2O4/c28-21(17-29-23-7-3-5-20-4-1-2-6-22(20)23)16-27-12-10-26(11-13-27)15-19-8-9-24-25(14-19)31-18-30-24/h1-2,4,6,8-9,14,21,23,28H,3,5,7,10-13,15-18H2. The Morgan fingerprint density at radius 2 is 1.81 bits per heavy atom. The van der Waals surface area contributed by atoms with Gasteiger partial charge in [0.15, 0.2) is 11.5 Å². The number of hydrogen-bond acceptors (Lipinski definition) is 6. The Balaban J connectivity index is 1.05. The molecule has 166 valence electrons. The molecule has 1 aliphatic carbocycles. The number of fused-ring (bicyclic) bond motifs is 2. The number of aryl methyl sites for hydroxylation is 1. The average molecular weight is 425 g/mol. The highest BCUT2D eigenvalue weighted by Crippen LogP contribution is 2.33. The van der Waals surface area contributed by atoms with Crippen molar-refractivity contribution in [2.24, 2.45) is 0 Å². The van der Waals surface area contributed by atoms with E-state index in [0.717, 1.165) is 63.5 Å². The first-order chi connectivity index (χ1) is 15.2. The van der Waals surface area contributed by atoms with Gasteiger partial charge in [-0.25, -0.2) is 0 Å². The third-order valence-corrected chi connectivity index (χ3v) is 6.58. The van der Waals surface area contributed by atoms with Gasteiger partial charge in [0.2, 0.25) is 6.79 Å². The van der Waals surface area contributed by atoms with E-state index in [4.69, 9.17) is 14.2 Å². The van der Waals surface area contributed by atoms with Crippen LogP contribution >= 0.6 is 0 Å². The summed E-state index contributed by atoms with van der Waals surface area (Å²) in [5.41, 5.74) is 3.95.